The van der Waals surface area contributed by atoms with Crippen molar-refractivity contribution in [1.82, 2.24) is 28.8 Å². The van der Waals surface area contributed by atoms with Crippen LogP contribution >= 0.6 is 24.2 Å². The predicted octanol–water partition coefficient (Wildman–Crippen LogP) is 2.95. The molecule has 29 heavy (non-hydrogen) atoms. The van der Waals surface area contributed by atoms with Crippen LogP contribution in [0.15, 0.2) is 37.1 Å². The van der Waals surface area contributed by atoms with Gasteiger partial charge in [-0.25, -0.2) is 19.9 Å². The highest BCUT2D eigenvalue weighted by Gasteiger charge is 2.18. The number of hydrogen-bond donors (Lipinski definition) is 2. The summed E-state index contributed by atoms with van der Waals surface area (Å²) in [7, 11) is 5.59. The van der Waals surface area contributed by atoms with Crippen molar-refractivity contribution in [3.05, 3.63) is 48.4 Å². The highest BCUT2D eigenvalue weighted by Crippen LogP contribution is 2.35. The fourth-order valence-corrected chi connectivity index (χ4v) is 3.78. The Labute approximate surface area is 178 Å². The van der Waals surface area contributed by atoms with Crippen LogP contribution in [0.2, 0.25) is 0 Å². The van der Waals surface area contributed by atoms with E-state index in [-0.39, 0.29) is 5.69 Å². The van der Waals surface area contributed by atoms with Gasteiger partial charge >= 0.3 is 0 Å². The number of pyridine rings is 1. The largest absolute Gasteiger partial charge is 0.364 e. The third kappa shape index (κ3) is 4.61. The molecule has 0 aliphatic carbocycles. The fourth-order valence-electron chi connectivity index (χ4n) is 2.78. The third-order valence-corrected chi connectivity index (χ3v) is 5.15. The van der Waals surface area contributed by atoms with E-state index in [0.29, 0.717) is 5.69 Å². The summed E-state index contributed by atoms with van der Waals surface area (Å²) in [4.78, 5) is 29.9. The maximum absolute atomic E-state index is 11.9. The first kappa shape index (κ1) is 20.9. The summed E-state index contributed by atoms with van der Waals surface area (Å²) < 4.78 is 3.54. The van der Waals surface area contributed by atoms with Gasteiger partial charge in [-0.05, 0) is 33.2 Å². The number of carbonyl (C=O) groups excluding carboxylic acids is 1. The molecule has 0 atom stereocenters. The van der Waals surface area contributed by atoms with Crippen molar-refractivity contribution in [3.8, 4) is 21.1 Å². The minimum atomic E-state index is -0.549. The average molecular weight is 428 g/mol. The van der Waals surface area contributed by atoms with Gasteiger partial charge in [-0.2, -0.15) is 0 Å². The van der Waals surface area contributed by atoms with E-state index in [1.165, 1.54) is 17.7 Å². The van der Waals surface area contributed by atoms with Gasteiger partial charge in [0.2, 0.25) is 0 Å². The van der Waals surface area contributed by atoms with E-state index in [2.05, 4.69) is 32.8 Å². The summed E-state index contributed by atoms with van der Waals surface area (Å²) in [6, 6.07) is 3.89. The Kier molecular flexibility index (Phi) is 6.26. The second-order valence-corrected chi connectivity index (χ2v) is 8.29. The molecule has 4 aromatic rings. The van der Waals surface area contributed by atoms with Crippen molar-refractivity contribution < 1.29 is 4.79 Å². The van der Waals surface area contributed by atoms with E-state index >= 15 is 0 Å². The van der Waals surface area contributed by atoms with Crippen molar-refractivity contribution in [2.45, 2.75) is 6.92 Å². The molecule has 4 heterocycles. The van der Waals surface area contributed by atoms with Crippen molar-refractivity contribution >= 4 is 41.0 Å². The Morgan fingerprint density at radius 1 is 1.24 bits per heavy atom. The van der Waals surface area contributed by atoms with Gasteiger partial charge in [-0.3, -0.25) is 9.10 Å². The smallest absolute Gasteiger partial charge is 0.269 e. The monoisotopic (exact) mass is 427 g/mol. The van der Waals surface area contributed by atoms with Gasteiger partial charge in [0, 0.05) is 36.6 Å². The normalized spacial score (nSPS) is 10.8. The lowest BCUT2D eigenvalue weighted by molar-refractivity contribution is 0.0997. The molecule has 0 fully saturated rings. The summed E-state index contributed by atoms with van der Waals surface area (Å²) in [5.74, 6) is -0.549. The number of hydrogen-bond acceptors (Lipinski definition) is 8. The Morgan fingerprint density at radius 2 is 1.90 bits per heavy atom. The Morgan fingerprint density at radius 3 is 2.52 bits per heavy atom. The number of thiazole rings is 1. The zero-order chi connectivity index (χ0) is 21.1. The molecule has 0 aromatic carbocycles. The van der Waals surface area contributed by atoms with Crippen LogP contribution < -0.4 is 5.73 Å². The molecule has 0 aliphatic heterocycles. The molecule has 4 aromatic heterocycles. The van der Waals surface area contributed by atoms with Crippen molar-refractivity contribution in [2.24, 2.45) is 12.8 Å². The molecule has 0 unspecified atom stereocenters. The maximum Gasteiger partial charge on any atom is 0.269 e. The standard InChI is InChI=1S/C17H14N6OS.C2H7NS/c1-9-15(25-17(21-9)11-6-19-8-20-7-11)12-5-10-3-4-23(2)14(10)13(22-12)16(18)24;1-3(2)4/h3-8H,1-2H3,(H2,18,24);4H,1-2H3. The molecule has 150 valence electrons. The van der Waals surface area contributed by atoms with Gasteiger partial charge in [-0.1, -0.05) is 12.8 Å². The minimum absolute atomic E-state index is 0.261. The molecule has 0 saturated heterocycles. The van der Waals surface area contributed by atoms with Gasteiger partial charge in [0.1, 0.15) is 11.3 Å². The fraction of sp³-hybridized carbons (Fsp3) is 0.211. The Balaban J connectivity index is 0.000000552. The van der Waals surface area contributed by atoms with Crippen molar-refractivity contribution in [3.63, 3.8) is 0 Å². The summed E-state index contributed by atoms with van der Waals surface area (Å²) in [6.07, 6.45) is 6.80. The topological polar surface area (TPSA) is 103 Å². The van der Waals surface area contributed by atoms with Gasteiger partial charge in [-0.15, -0.1) is 11.3 Å². The lowest BCUT2D eigenvalue weighted by Crippen LogP contribution is -2.15. The minimum Gasteiger partial charge on any atom is -0.364 e. The van der Waals surface area contributed by atoms with Gasteiger partial charge in [0.15, 0.2) is 5.69 Å². The number of primary amides is 1. The third-order valence-electron chi connectivity index (χ3n) is 3.92. The van der Waals surface area contributed by atoms with Crippen LogP contribution in [0, 0.1) is 6.92 Å². The second kappa shape index (κ2) is 8.68. The van der Waals surface area contributed by atoms with E-state index in [0.717, 1.165) is 32.0 Å². The Bertz CT molecular complexity index is 1150. The van der Waals surface area contributed by atoms with E-state index in [9.17, 15) is 4.79 Å². The number of amides is 1. The molecular weight excluding hydrogens is 406 g/mol. The summed E-state index contributed by atoms with van der Waals surface area (Å²) >= 11 is 5.29. The van der Waals surface area contributed by atoms with Crippen molar-refractivity contribution in [2.75, 3.05) is 14.1 Å². The first-order chi connectivity index (χ1) is 13.8. The van der Waals surface area contributed by atoms with Crippen LogP contribution in [0.1, 0.15) is 16.2 Å². The summed E-state index contributed by atoms with van der Waals surface area (Å²) in [5, 5.41) is 1.72. The number of carbonyl (C=O) groups is 1. The average Bonchev–Trinajstić information content (AvgIpc) is 3.24. The number of nitrogens with two attached hydrogens (primary N) is 1. The SMILES string of the molecule is CN(C)S.Cc1nc(-c2cncnc2)sc1-c1cc2ccn(C)c2c(C(N)=O)n1. The van der Waals surface area contributed by atoms with E-state index in [4.69, 9.17) is 5.73 Å². The molecule has 0 bridgehead atoms. The molecule has 0 saturated carbocycles. The number of aromatic nitrogens is 5. The lowest BCUT2D eigenvalue weighted by Gasteiger charge is -2.05. The molecule has 2 N–H and O–H groups in total. The first-order valence-corrected chi connectivity index (χ1v) is 9.84. The van der Waals surface area contributed by atoms with Crippen LogP contribution in [-0.2, 0) is 7.05 Å². The van der Waals surface area contributed by atoms with Crippen molar-refractivity contribution in [1.29, 1.82) is 0 Å². The molecule has 8 nitrogen and oxygen atoms in total. The van der Waals surface area contributed by atoms with E-state index in [1.807, 2.05) is 51.0 Å². The van der Waals surface area contributed by atoms with Gasteiger partial charge < -0.3 is 10.3 Å². The number of thiol groups is 1. The molecule has 4 rings (SSSR count). The highest BCUT2D eigenvalue weighted by atomic mass is 32.1. The highest BCUT2D eigenvalue weighted by molar-refractivity contribution is 7.77. The van der Waals surface area contributed by atoms with Crippen LogP contribution in [0.5, 0.6) is 0 Å². The number of fused-ring (bicyclic) bond motifs is 1. The lowest BCUT2D eigenvalue weighted by atomic mass is 10.2. The molecular formula is C19H21N7OS2. The zero-order valence-corrected chi connectivity index (χ0v) is 18.2. The predicted molar refractivity (Wildman–Crippen MR) is 119 cm³/mol. The van der Waals surface area contributed by atoms with Gasteiger partial charge in [0.05, 0.1) is 21.8 Å². The molecule has 10 heteroatoms. The summed E-state index contributed by atoms with van der Waals surface area (Å²) in [5.41, 5.74) is 8.90. The zero-order valence-electron chi connectivity index (χ0n) is 16.5. The van der Waals surface area contributed by atoms with E-state index in [1.54, 1.807) is 16.7 Å². The maximum atomic E-state index is 11.9. The second-order valence-electron chi connectivity index (χ2n) is 6.49. The molecule has 0 spiro atoms. The molecule has 0 aliphatic rings. The quantitative estimate of drug-likeness (QED) is 0.487. The molecule has 0 radical (unpaired) electrons. The molecule has 1 amide bonds. The summed E-state index contributed by atoms with van der Waals surface area (Å²) in [6.45, 7) is 1.92. The van der Waals surface area contributed by atoms with Gasteiger partial charge in [0.25, 0.3) is 5.91 Å². The first-order valence-electron chi connectivity index (χ1n) is 8.63. The van der Waals surface area contributed by atoms with Crippen LogP contribution in [0.4, 0.5) is 0 Å². The number of nitrogens with zero attached hydrogens (tertiary/aromatic N) is 6. The number of aryl methyl sites for hydroxylation is 2. The van der Waals surface area contributed by atoms with Crippen LogP contribution in [0.3, 0.4) is 0 Å². The van der Waals surface area contributed by atoms with Crippen LogP contribution in [-0.4, -0.2) is 48.8 Å². The Hall–Kier alpha value is -2.82. The van der Waals surface area contributed by atoms with Crippen LogP contribution in [0.25, 0.3) is 32.0 Å². The number of rotatable bonds is 3. The van der Waals surface area contributed by atoms with E-state index < -0.39 is 5.91 Å².